The van der Waals surface area contributed by atoms with Crippen molar-refractivity contribution in [2.24, 2.45) is 0 Å². The molecule has 3 aromatic rings. The van der Waals surface area contributed by atoms with Gasteiger partial charge in [0.25, 0.3) is 0 Å². The summed E-state index contributed by atoms with van der Waals surface area (Å²) >= 11 is 0. The number of carbonyl (C=O) groups is 1. The molecule has 1 aromatic carbocycles. The van der Waals surface area contributed by atoms with Crippen LogP contribution in [0.3, 0.4) is 0 Å². The van der Waals surface area contributed by atoms with Gasteiger partial charge in [-0.25, -0.2) is 9.78 Å². The number of carbonyl (C=O) groups excluding carboxylic acids is 1. The van der Waals surface area contributed by atoms with E-state index in [0.29, 0.717) is 5.76 Å². The summed E-state index contributed by atoms with van der Waals surface area (Å²) in [5.74, 6) is 0.685. The first-order chi connectivity index (χ1) is 9.84. The second kappa shape index (κ2) is 5.44. The van der Waals surface area contributed by atoms with E-state index in [1.807, 2.05) is 36.4 Å². The van der Waals surface area contributed by atoms with Gasteiger partial charge < -0.3 is 9.73 Å². The molecule has 0 bridgehead atoms. The zero-order chi connectivity index (χ0) is 13.8. The van der Waals surface area contributed by atoms with E-state index in [0.717, 1.165) is 5.56 Å². The topological polar surface area (TPSA) is 60.1 Å². The van der Waals surface area contributed by atoms with Gasteiger partial charge >= 0.3 is 6.03 Å². The van der Waals surface area contributed by atoms with Crippen molar-refractivity contribution in [3.8, 4) is 0 Å². The second-order valence-corrected chi connectivity index (χ2v) is 4.28. The van der Waals surface area contributed by atoms with Crippen LogP contribution in [0.2, 0.25) is 0 Å². The molecular weight excluding hydrogens is 254 g/mol. The fourth-order valence-electron chi connectivity index (χ4n) is 2.00. The third-order valence-electron chi connectivity index (χ3n) is 2.97. The molecule has 2 aromatic heterocycles. The van der Waals surface area contributed by atoms with Crippen LogP contribution >= 0.6 is 0 Å². The maximum Gasteiger partial charge on any atom is 0.327 e. The first-order valence-corrected chi connectivity index (χ1v) is 6.22. The predicted molar refractivity (Wildman–Crippen MR) is 73.1 cm³/mol. The molecule has 1 amide bonds. The average Bonchev–Trinajstić information content (AvgIpc) is 3.18. The molecule has 5 heteroatoms. The highest BCUT2D eigenvalue weighted by molar-refractivity contribution is 5.77. The molecule has 1 N–H and O–H groups in total. The van der Waals surface area contributed by atoms with Crippen LogP contribution in [0.25, 0.3) is 0 Å². The Morgan fingerprint density at radius 3 is 2.70 bits per heavy atom. The summed E-state index contributed by atoms with van der Waals surface area (Å²) in [6.45, 7) is 0. The van der Waals surface area contributed by atoms with E-state index in [-0.39, 0.29) is 12.1 Å². The van der Waals surface area contributed by atoms with E-state index in [4.69, 9.17) is 4.42 Å². The van der Waals surface area contributed by atoms with Crippen molar-refractivity contribution in [2.45, 2.75) is 6.04 Å². The number of nitrogens with zero attached hydrogens (tertiary/aromatic N) is 2. The first kappa shape index (κ1) is 12.2. The number of aromatic nitrogens is 2. The Balaban J connectivity index is 1.89. The summed E-state index contributed by atoms with van der Waals surface area (Å²) in [4.78, 5) is 16.0. The van der Waals surface area contributed by atoms with Crippen molar-refractivity contribution < 1.29 is 9.21 Å². The van der Waals surface area contributed by atoms with Crippen LogP contribution in [0, 0.1) is 0 Å². The summed E-state index contributed by atoms with van der Waals surface area (Å²) in [5.41, 5.74) is 0.955. The highest BCUT2D eigenvalue weighted by Gasteiger charge is 2.19. The molecule has 1 atom stereocenters. The zero-order valence-corrected chi connectivity index (χ0v) is 10.6. The van der Waals surface area contributed by atoms with Gasteiger partial charge in [0.15, 0.2) is 0 Å². The molecule has 2 heterocycles. The van der Waals surface area contributed by atoms with E-state index in [1.54, 1.807) is 24.7 Å². The van der Waals surface area contributed by atoms with Crippen LogP contribution in [0.5, 0.6) is 0 Å². The van der Waals surface area contributed by atoms with Gasteiger partial charge in [0, 0.05) is 12.4 Å². The number of nitrogens with one attached hydrogen (secondary N) is 1. The van der Waals surface area contributed by atoms with Crippen LogP contribution in [-0.2, 0) is 0 Å². The highest BCUT2D eigenvalue weighted by Crippen LogP contribution is 2.22. The third-order valence-corrected chi connectivity index (χ3v) is 2.97. The van der Waals surface area contributed by atoms with Crippen molar-refractivity contribution in [3.05, 3.63) is 78.8 Å². The monoisotopic (exact) mass is 267 g/mol. The molecule has 20 heavy (non-hydrogen) atoms. The van der Waals surface area contributed by atoms with Gasteiger partial charge in [-0.05, 0) is 17.7 Å². The average molecular weight is 267 g/mol. The summed E-state index contributed by atoms with van der Waals surface area (Å²) in [5, 5.41) is 2.93. The number of hydrogen-bond donors (Lipinski definition) is 1. The smallest absolute Gasteiger partial charge is 0.327 e. The SMILES string of the molecule is O=C(NC(c1ccccc1)c1ccco1)n1ccnc1. The number of furan rings is 1. The van der Waals surface area contributed by atoms with Crippen molar-refractivity contribution in [2.75, 3.05) is 0 Å². The van der Waals surface area contributed by atoms with E-state index in [9.17, 15) is 4.79 Å². The summed E-state index contributed by atoms with van der Waals surface area (Å²) in [7, 11) is 0. The van der Waals surface area contributed by atoms with Gasteiger partial charge in [0.05, 0.1) is 6.26 Å². The molecule has 100 valence electrons. The molecule has 0 aliphatic carbocycles. The molecule has 0 saturated heterocycles. The Morgan fingerprint density at radius 2 is 2.05 bits per heavy atom. The molecule has 0 spiro atoms. The Bertz CT molecular complexity index is 660. The van der Waals surface area contributed by atoms with Gasteiger partial charge in [-0.2, -0.15) is 0 Å². The Labute approximate surface area is 115 Å². The molecule has 0 saturated carbocycles. The van der Waals surface area contributed by atoms with Gasteiger partial charge in [-0.15, -0.1) is 0 Å². The predicted octanol–water partition coefficient (Wildman–Crippen LogP) is 2.82. The van der Waals surface area contributed by atoms with E-state index < -0.39 is 0 Å². The fourth-order valence-corrected chi connectivity index (χ4v) is 2.00. The number of benzene rings is 1. The number of rotatable bonds is 3. The molecule has 0 radical (unpaired) electrons. The molecule has 3 rings (SSSR count). The minimum atomic E-state index is -0.332. The highest BCUT2D eigenvalue weighted by atomic mass is 16.3. The number of amides is 1. The van der Waals surface area contributed by atoms with Crippen molar-refractivity contribution in [3.63, 3.8) is 0 Å². The minimum absolute atomic E-state index is 0.257. The molecular formula is C15H13N3O2. The largest absolute Gasteiger partial charge is 0.467 e. The Kier molecular flexibility index (Phi) is 3.33. The molecule has 0 fully saturated rings. The van der Waals surface area contributed by atoms with Crippen LogP contribution in [0.15, 0.2) is 71.9 Å². The standard InChI is InChI=1S/C15H13N3O2/c19-15(18-9-8-16-11-18)17-14(13-7-4-10-20-13)12-5-2-1-3-6-12/h1-11,14H,(H,17,19). The van der Waals surface area contributed by atoms with Gasteiger partial charge in [-0.3, -0.25) is 4.57 Å². The summed E-state index contributed by atoms with van der Waals surface area (Å²) in [6, 6.07) is 12.7. The van der Waals surface area contributed by atoms with Gasteiger partial charge in [0.2, 0.25) is 0 Å². The van der Waals surface area contributed by atoms with E-state index in [1.165, 1.54) is 10.9 Å². The third kappa shape index (κ3) is 2.47. The van der Waals surface area contributed by atoms with Crippen molar-refractivity contribution in [1.29, 1.82) is 0 Å². The lowest BCUT2D eigenvalue weighted by Gasteiger charge is -2.17. The zero-order valence-electron chi connectivity index (χ0n) is 10.6. The molecule has 1 unspecified atom stereocenters. The lowest BCUT2D eigenvalue weighted by molar-refractivity contribution is 0.238. The molecule has 0 aliphatic heterocycles. The normalized spacial score (nSPS) is 12.0. The lowest BCUT2D eigenvalue weighted by atomic mass is 10.1. The minimum Gasteiger partial charge on any atom is -0.467 e. The first-order valence-electron chi connectivity index (χ1n) is 6.22. The Morgan fingerprint density at radius 1 is 1.20 bits per heavy atom. The Hall–Kier alpha value is -2.82. The summed E-state index contributed by atoms with van der Waals surface area (Å²) in [6.07, 6.45) is 6.21. The number of imidazole rings is 1. The van der Waals surface area contributed by atoms with Crippen molar-refractivity contribution >= 4 is 6.03 Å². The molecule has 5 nitrogen and oxygen atoms in total. The van der Waals surface area contributed by atoms with E-state index >= 15 is 0 Å². The van der Waals surface area contributed by atoms with Crippen LogP contribution in [-0.4, -0.2) is 15.6 Å². The second-order valence-electron chi connectivity index (χ2n) is 4.28. The van der Waals surface area contributed by atoms with Crippen LogP contribution in [0.4, 0.5) is 4.79 Å². The maximum atomic E-state index is 12.2. The quantitative estimate of drug-likeness (QED) is 0.793. The molecule has 0 aliphatic rings. The van der Waals surface area contributed by atoms with Crippen molar-refractivity contribution in [1.82, 2.24) is 14.9 Å². The van der Waals surface area contributed by atoms with Gasteiger partial charge in [-0.1, -0.05) is 30.3 Å². The number of hydrogen-bond acceptors (Lipinski definition) is 3. The lowest BCUT2D eigenvalue weighted by Crippen LogP contribution is -2.32. The van der Waals surface area contributed by atoms with Gasteiger partial charge in [0.1, 0.15) is 18.1 Å². The van der Waals surface area contributed by atoms with E-state index in [2.05, 4.69) is 10.3 Å². The van der Waals surface area contributed by atoms with Crippen LogP contribution < -0.4 is 5.32 Å². The fraction of sp³-hybridized carbons (Fsp3) is 0.0667. The van der Waals surface area contributed by atoms with Crippen LogP contribution in [0.1, 0.15) is 17.4 Å². The maximum absolute atomic E-state index is 12.2. The summed E-state index contributed by atoms with van der Waals surface area (Å²) < 4.78 is 6.82.